The first-order chi connectivity index (χ1) is 16.7. The highest BCUT2D eigenvalue weighted by molar-refractivity contribution is 6.09. The fourth-order valence-electron chi connectivity index (χ4n) is 4.81. The average Bonchev–Trinajstić information content (AvgIpc) is 2.88. The zero-order chi connectivity index (χ0) is 23.1. The van der Waals surface area contributed by atoms with Crippen LogP contribution >= 0.6 is 0 Å². The molecular formula is C32H22O2. The fourth-order valence-corrected chi connectivity index (χ4v) is 4.81. The summed E-state index contributed by atoms with van der Waals surface area (Å²) in [7, 11) is 0. The van der Waals surface area contributed by atoms with Crippen LogP contribution in [-0.2, 0) is 0 Å². The quantitative estimate of drug-likeness (QED) is 0.291. The van der Waals surface area contributed by atoms with Gasteiger partial charge >= 0.3 is 0 Å². The van der Waals surface area contributed by atoms with Crippen LogP contribution in [-0.4, -0.2) is 10.2 Å². The third kappa shape index (κ3) is 3.37. The molecule has 0 saturated carbocycles. The van der Waals surface area contributed by atoms with E-state index < -0.39 is 0 Å². The van der Waals surface area contributed by atoms with Crippen LogP contribution in [0.1, 0.15) is 0 Å². The van der Waals surface area contributed by atoms with Crippen LogP contribution in [0, 0.1) is 0 Å². The molecule has 0 radical (unpaired) electrons. The Morgan fingerprint density at radius 2 is 0.735 bits per heavy atom. The molecule has 0 unspecified atom stereocenters. The average molecular weight is 439 g/mol. The van der Waals surface area contributed by atoms with E-state index in [1.165, 1.54) is 0 Å². The van der Waals surface area contributed by atoms with E-state index in [1.807, 2.05) is 48.5 Å². The molecule has 6 aromatic rings. The molecule has 0 atom stereocenters. The number of para-hydroxylation sites is 2. The van der Waals surface area contributed by atoms with Crippen LogP contribution in [0.3, 0.4) is 0 Å². The molecule has 6 aromatic carbocycles. The first kappa shape index (κ1) is 20.1. The second kappa shape index (κ2) is 8.09. The van der Waals surface area contributed by atoms with Crippen molar-refractivity contribution in [2.24, 2.45) is 0 Å². The molecule has 2 nitrogen and oxygen atoms in total. The van der Waals surface area contributed by atoms with Gasteiger partial charge in [-0.3, -0.25) is 0 Å². The number of benzene rings is 6. The molecule has 0 fully saturated rings. The highest BCUT2D eigenvalue weighted by atomic mass is 16.3. The van der Waals surface area contributed by atoms with Crippen LogP contribution in [0.5, 0.6) is 11.5 Å². The van der Waals surface area contributed by atoms with Crippen molar-refractivity contribution < 1.29 is 10.2 Å². The summed E-state index contributed by atoms with van der Waals surface area (Å²) in [5, 5.41) is 25.6. The monoisotopic (exact) mass is 438 g/mol. The maximum absolute atomic E-state index is 10.6. The van der Waals surface area contributed by atoms with E-state index in [4.69, 9.17) is 0 Å². The maximum atomic E-state index is 10.6. The van der Waals surface area contributed by atoms with Crippen molar-refractivity contribution in [1.82, 2.24) is 0 Å². The van der Waals surface area contributed by atoms with Gasteiger partial charge < -0.3 is 10.2 Å². The van der Waals surface area contributed by atoms with Gasteiger partial charge in [-0.15, -0.1) is 0 Å². The summed E-state index contributed by atoms with van der Waals surface area (Å²) in [6.07, 6.45) is 0. The molecule has 2 N–H and O–H groups in total. The van der Waals surface area contributed by atoms with E-state index in [-0.39, 0.29) is 11.5 Å². The van der Waals surface area contributed by atoms with Crippen LogP contribution in [0.4, 0.5) is 0 Å². The van der Waals surface area contributed by atoms with Gasteiger partial charge in [0.25, 0.3) is 0 Å². The molecular weight excluding hydrogens is 416 g/mol. The highest BCUT2D eigenvalue weighted by Gasteiger charge is 2.15. The molecule has 6 rings (SSSR count). The van der Waals surface area contributed by atoms with Gasteiger partial charge in [0.1, 0.15) is 11.5 Å². The predicted octanol–water partition coefficient (Wildman–Crippen LogP) is 8.41. The van der Waals surface area contributed by atoms with E-state index in [0.29, 0.717) is 0 Å². The zero-order valence-corrected chi connectivity index (χ0v) is 18.4. The van der Waals surface area contributed by atoms with Gasteiger partial charge in [-0.2, -0.15) is 0 Å². The Morgan fingerprint density at radius 3 is 1.18 bits per heavy atom. The number of hydrogen-bond donors (Lipinski definition) is 2. The molecule has 0 bridgehead atoms. The Labute approximate surface area is 198 Å². The summed E-state index contributed by atoms with van der Waals surface area (Å²) < 4.78 is 0. The lowest BCUT2D eigenvalue weighted by molar-refractivity contribution is 0.477. The fraction of sp³-hybridized carbons (Fsp3) is 0. The lowest BCUT2D eigenvalue weighted by atomic mass is 9.88. The molecule has 0 saturated heterocycles. The van der Waals surface area contributed by atoms with Crippen LogP contribution in [0.2, 0.25) is 0 Å². The minimum absolute atomic E-state index is 0.261. The lowest BCUT2D eigenvalue weighted by Crippen LogP contribution is -1.89. The molecule has 0 aromatic heterocycles. The molecule has 2 heteroatoms. The summed E-state index contributed by atoms with van der Waals surface area (Å²) in [6, 6.07) is 40.2. The molecule has 0 aliphatic heterocycles. The van der Waals surface area contributed by atoms with E-state index in [2.05, 4.69) is 60.7 Å². The van der Waals surface area contributed by atoms with Crippen molar-refractivity contribution in [2.75, 3.05) is 0 Å². The second-order valence-corrected chi connectivity index (χ2v) is 8.52. The third-order valence-corrected chi connectivity index (χ3v) is 6.44. The molecule has 0 heterocycles. The Balaban J connectivity index is 1.71. The van der Waals surface area contributed by atoms with Crippen LogP contribution in [0.15, 0.2) is 121 Å². The Bertz CT molecular complexity index is 1550. The van der Waals surface area contributed by atoms with Crippen molar-refractivity contribution in [1.29, 1.82) is 0 Å². The van der Waals surface area contributed by atoms with Crippen molar-refractivity contribution in [3.63, 3.8) is 0 Å². The zero-order valence-electron chi connectivity index (χ0n) is 18.4. The van der Waals surface area contributed by atoms with Gasteiger partial charge in [-0.1, -0.05) is 84.9 Å². The van der Waals surface area contributed by atoms with Crippen molar-refractivity contribution in [3.8, 4) is 44.9 Å². The number of rotatable bonds is 3. The highest BCUT2D eigenvalue weighted by Crippen LogP contribution is 2.42. The summed E-state index contributed by atoms with van der Waals surface area (Å²) in [5.41, 5.74) is 5.70. The van der Waals surface area contributed by atoms with Gasteiger partial charge in [-0.25, -0.2) is 0 Å². The van der Waals surface area contributed by atoms with Gasteiger partial charge in [-0.05, 0) is 80.2 Å². The first-order valence-corrected chi connectivity index (χ1v) is 11.3. The maximum Gasteiger partial charge on any atom is 0.123 e. The topological polar surface area (TPSA) is 40.5 Å². The number of phenolic OH excluding ortho intramolecular Hbond substituents is 2. The Hall–Kier alpha value is -4.56. The number of fused-ring (bicyclic) bond motifs is 2. The largest absolute Gasteiger partial charge is 0.507 e. The van der Waals surface area contributed by atoms with Crippen molar-refractivity contribution >= 4 is 21.5 Å². The molecule has 34 heavy (non-hydrogen) atoms. The van der Waals surface area contributed by atoms with Gasteiger partial charge in [0, 0.05) is 11.1 Å². The van der Waals surface area contributed by atoms with Gasteiger partial charge in [0.15, 0.2) is 0 Å². The standard InChI is InChI=1S/C32H22O2/c33-31-15-7-5-13-27(31)23-17-21-9-1-3-11-25(21)29(19-23)30-20-24(28-14-6-8-16-32(28)34)18-22-10-2-4-12-26(22)30/h1-20,33-34H. The van der Waals surface area contributed by atoms with Gasteiger partial charge in [0.2, 0.25) is 0 Å². The molecule has 0 amide bonds. The van der Waals surface area contributed by atoms with Crippen LogP contribution in [0.25, 0.3) is 54.9 Å². The van der Waals surface area contributed by atoms with Crippen LogP contribution < -0.4 is 0 Å². The van der Waals surface area contributed by atoms with E-state index in [0.717, 1.165) is 54.9 Å². The summed E-state index contributed by atoms with van der Waals surface area (Å²) in [5.74, 6) is 0.521. The third-order valence-electron chi connectivity index (χ3n) is 6.44. The minimum atomic E-state index is 0.261. The number of hydrogen-bond acceptors (Lipinski definition) is 2. The van der Waals surface area contributed by atoms with E-state index in [1.54, 1.807) is 12.1 Å². The summed E-state index contributed by atoms with van der Waals surface area (Å²) >= 11 is 0. The summed E-state index contributed by atoms with van der Waals surface area (Å²) in [4.78, 5) is 0. The van der Waals surface area contributed by atoms with Gasteiger partial charge in [0.05, 0.1) is 0 Å². The number of aromatic hydroxyl groups is 2. The molecule has 0 aliphatic carbocycles. The SMILES string of the molecule is Oc1ccccc1-c1cc(-c2cc(-c3ccccc3O)cc3ccccc23)c2ccccc2c1. The molecule has 0 spiro atoms. The lowest BCUT2D eigenvalue weighted by Gasteiger charge is -2.16. The Kier molecular flexibility index (Phi) is 4.78. The minimum Gasteiger partial charge on any atom is -0.507 e. The normalized spacial score (nSPS) is 11.2. The molecule has 162 valence electrons. The van der Waals surface area contributed by atoms with E-state index in [9.17, 15) is 10.2 Å². The Morgan fingerprint density at radius 1 is 0.353 bits per heavy atom. The molecule has 0 aliphatic rings. The predicted molar refractivity (Wildman–Crippen MR) is 141 cm³/mol. The smallest absolute Gasteiger partial charge is 0.123 e. The first-order valence-electron chi connectivity index (χ1n) is 11.3. The van der Waals surface area contributed by atoms with Crippen molar-refractivity contribution in [2.45, 2.75) is 0 Å². The van der Waals surface area contributed by atoms with Crippen molar-refractivity contribution in [3.05, 3.63) is 121 Å². The van der Waals surface area contributed by atoms with E-state index >= 15 is 0 Å². The second-order valence-electron chi connectivity index (χ2n) is 8.52. The summed E-state index contributed by atoms with van der Waals surface area (Å²) in [6.45, 7) is 0. The number of phenols is 2.